The lowest BCUT2D eigenvalue weighted by Gasteiger charge is -2.27. The van der Waals surface area contributed by atoms with E-state index in [1.54, 1.807) is 19.1 Å². The van der Waals surface area contributed by atoms with E-state index in [2.05, 4.69) is 6.92 Å². The fourth-order valence-electron chi connectivity index (χ4n) is 2.11. The number of aliphatic hydroxyl groups is 1. The molecule has 1 aromatic carbocycles. The summed E-state index contributed by atoms with van der Waals surface area (Å²) < 4.78 is 23.7. The summed E-state index contributed by atoms with van der Waals surface area (Å²) in [5.41, 5.74) is 0.785. The maximum atomic E-state index is 12.9. The summed E-state index contributed by atoms with van der Waals surface area (Å²) in [7, 11) is 0. The van der Waals surface area contributed by atoms with Crippen molar-refractivity contribution in [2.75, 3.05) is 6.61 Å². The molecular formula is C17H25FO4. The number of carbonyl (C=O) groups excluding carboxylic acids is 1. The third-order valence-electron chi connectivity index (χ3n) is 3.41. The zero-order valence-electron chi connectivity index (χ0n) is 13.4. The molecule has 0 saturated heterocycles. The van der Waals surface area contributed by atoms with Gasteiger partial charge in [-0.3, -0.25) is 4.79 Å². The van der Waals surface area contributed by atoms with Crippen LogP contribution in [0, 0.1) is 5.82 Å². The average Bonchev–Trinajstić information content (AvgIpc) is 2.47. The molecule has 124 valence electrons. The molecule has 0 spiro atoms. The molecule has 0 aliphatic heterocycles. The Kier molecular flexibility index (Phi) is 8.06. The number of ether oxygens (including phenoxy) is 2. The highest BCUT2D eigenvalue weighted by Crippen LogP contribution is 2.15. The molecule has 0 amide bonds. The van der Waals surface area contributed by atoms with Crippen LogP contribution in [0.5, 0.6) is 0 Å². The fourth-order valence-corrected chi connectivity index (χ4v) is 2.11. The average molecular weight is 312 g/mol. The molecule has 1 aromatic rings. The highest BCUT2D eigenvalue weighted by atomic mass is 19.1. The molecule has 22 heavy (non-hydrogen) atoms. The van der Waals surface area contributed by atoms with Crippen LogP contribution in [0.2, 0.25) is 0 Å². The summed E-state index contributed by atoms with van der Waals surface area (Å²) in [5.74, 6) is -0.795. The van der Waals surface area contributed by atoms with Gasteiger partial charge in [-0.15, -0.1) is 0 Å². The minimum atomic E-state index is -0.939. The van der Waals surface area contributed by atoms with E-state index >= 15 is 0 Å². The lowest BCUT2D eigenvalue weighted by atomic mass is 10.0. The summed E-state index contributed by atoms with van der Waals surface area (Å²) in [4.78, 5) is 11.3. The molecule has 0 unspecified atom stereocenters. The Morgan fingerprint density at radius 2 is 1.95 bits per heavy atom. The van der Waals surface area contributed by atoms with Gasteiger partial charge in [-0.05, 0) is 31.0 Å². The van der Waals surface area contributed by atoms with Crippen LogP contribution < -0.4 is 0 Å². The second-order valence-electron chi connectivity index (χ2n) is 5.40. The molecule has 0 aromatic heterocycles. The number of carbonyl (C=O) groups is 1. The van der Waals surface area contributed by atoms with Gasteiger partial charge < -0.3 is 14.6 Å². The smallest absolute Gasteiger partial charge is 0.303 e. The molecule has 0 aliphatic rings. The van der Waals surface area contributed by atoms with Crippen molar-refractivity contribution in [3.63, 3.8) is 0 Å². The van der Waals surface area contributed by atoms with E-state index in [-0.39, 0.29) is 5.82 Å². The molecule has 0 saturated carbocycles. The predicted octanol–water partition coefficient (Wildman–Crippen LogP) is 2.87. The number of halogens is 1. The van der Waals surface area contributed by atoms with Crippen LogP contribution >= 0.6 is 0 Å². The summed E-state index contributed by atoms with van der Waals surface area (Å²) in [5, 5.41) is 10.4. The number of rotatable bonds is 9. The predicted molar refractivity (Wildman–Crippen MR) is 82.0 cm³/mol. The van der Waals surface area contributed by atoms with Gasteiger partial charge in [0.15, 0.2) is 0 Å². The Balaban J connectivity index is 2.69. The SMILES string of the molecule is CCCCO[C@@H](C)[C@H](O)[C@@H](Cc1ccc(F)cc1)OC(C)=O. The number of unbranched alkanes of at least 4 members (excludes halogenated alkanes) is 1. The van der Waals surface area contributed by atoms with Gasteiger partial charge >= 0.3 is 5.97 Å². The van der Waals surface area contributed by atoms with Crippen molar-refractivity contribution >= 4 is 5.97 Å². The first kappa shape index (κ1) is 18.6. The molecule has 1 N–H and O–H groups in total. The third-order valence-corrected chi connectivity index (χ3v) is 3.41. The van der Waals surface area contributed by atoms with Crippen molar-refractivity contribution in [2.24, 2.45) is 0 Å². The number of esters is 1. The van der Waals surface area contributed by atoms with Crippen molar-refractivity contribution < 1.29 is 23.8 Å². The van der Waals surface area contributed by atoms with Gasteiger partial charge in [-0.2, -0.15) is 0 Å². The first-order valence-corrected chi connectivity index (χ1v) is 7.65. The third kappa shape index (κ3) is 6.54. The summed E-state index contributed by atoms with van der Waals surface area (Å²) in [6.45, 7) is 5.66. The van der Waals surface area contributed by atoms with E-state index < -0.39 is 24.3 Å². The first-order chi connectivity index (χ1) is 10.4. The Bertz CT molecular complexity index is 446. The van der Waals surface area contributed by atoms with E-state index in [0.29, 0.717) is 13.0 Å². The van der Waals surface area contributed by atoms with Gasteiger partial charge in [0.05, 0.1) is 6.10 Å². The van der Waals surface area contributed by atoms with Gasteiger partial charge in [0.2, 0.25) is 0 Å². The standard InChI is InChI=1S/C17H25FO4/c1-4-5-10-21-12(2)17(20)16(22-13(3)19)11-14-6-8-15(18)9-7-14/h6-9,12,16-17,20H,4-5,10-11H2,1-3H3/t12-,16+,17-/m0/s1. The minimum Gasteiger partial charge on any atom is -0.459 e. The number of hydrogen-bond donors (Lipinski definition) is 1. The summed E-state index contributed by atoms with van der Waals surface area (Å²) in [6, 6.07) is 5.91. The van der Waals surface area contributed by atoms with Crippen LogP contribution in [-0.4, -0.2) is 36.0 Å². The van der Waals surface area contributed by atoms with Crippen LogP contribution in [-0.2, 0) is 20.7 Å². The monoisotopic (exact) mass is 312 g/mol. The zero-order chi connectivity index (χ0) is 16.5. The van der Waals surface area contributed by atoms with Crippen molar-refractivity contribution in [1.82, 2.24) is 0 Å². The van der Waals surface area contributed by atoms with E-state index in [9.17, 15) is 14.3 Å². The molecule has 4 nitrogen and oxygen atoms in total. The van der Waals surface area contributed by atoms with E-state index in [4.69, 9.17) is 9.47 Å². The lowest BCUT2D eigenvalue weighted by Crippen LogP contribution is -2.41. The van der Waals surface area contributed by atoms with Crippen LogP contribution in [0.25, 0.3) is 0 Å². The lowest BCUT2D eigenvalue weighted by molar-refractivity contribution is -0.158. The Morgan fingerprint density at radius 3 is 2.50 bits per heavy atom. The maximum absolute atomic E-state index is 12.9. The van der Waals surface area contributed by atoms with Crippen LogP contribution in [0.1, 0.15) is 39.2 Å². The molecule has 5 heteroatoms. The number of aliphatic hydroxyl groups excluding tert-OH is 1. The Morgan fingerprint density at radius 1 is 1.32 bits per heavy atom. The van der Waals surface area contributed by atoms with Crippen molar-refractivity contribution in [1.29, 1.82) is 0 Å². The molecule has 3 atom stereocenters. The zero-order valence-corrected chi connectivity index (χ0v) is 13.4. The quantitative estimate of drug-likeness (QED) is 0.563. The molecule has 0 aliphatic carbocycles. The summed E-state index contributed by atoms with van der Waals surface area (Å²) >= 11 is 0. The van der Waals surface area contributed by atoms with Crippen LogP contribution in [0.4, 0.5) is 4.39 Å². The summed E-state index contributed by atoms with van der Waals surface area (Å²) in [6.07, 6.45) is 0.114. The maximum Gasteiger partial charge on any atom is 0.303 e. The van der Waals surface area contributed by atoms with E-state index in [0.717, 1.165) is 18.4 Å². The van der Waals surface area contributed by atoms with E-state index in [1.165, 1.54) is 19.1 Å². The van der Waals surface area contributed by atoms with Gasteiger partial charge in [-0.25, -0.2) is 4.39 Å². The van der Waals surface area contributed by atoms with Crippen LogP contribution in [0.15, 0.2) is 24.3 Å². The van der Waals surface area contributed by atoms with Gasteiger partial charge in [-0.1, -0.05) is 25.5 Å². The van der Waals surface area contributed by atoms with E-state index in [1.807, 2.05) is 0 Å². The number of hydrogen-bond acceptors (Lipinski definition) is 4. The molecule has 0 radical (unpaired) electrons. The molecule has 0 fully saturated rings. The van der Waals surface area contributed by atoms with Gasteiger partial charge in [0.25, 0.3) is 0 Å². The molecule has 0 bridgehead atoms. The minimum absolute atomic E-state index is 0.308. The fraction of sp³-hybridized carbons (Fsp3) is 0.588. The first-order valence-electron chi connectivity index (χ1n) is 7.65. The van der Waals surface area contributed by atoms with Gasteiger partial charge in [0.1, 0.15) is 18.0 Å². The van der Waals surface area contributed by atoms with Crippen molar-refractivity contribution in [3.8, 4) is 0 Å². The van der Waals surface area contributed by atoms with Gasteiger partial charge in [0, 0.05) is 20.0 Å². The highest BCUT2D eigenvalue weighted by Gasteiger charge is 2.28. The molecular weight excluding hydrogens is 287 g/mol. The number of benzene rings is 1. The molecule has 0 heterocycles. The topological polar surface area (TPSA) is 55.8 Å². The van der Waals surface area contributed by atoms with Crippen molar-refractivity contribution in [2.45, 2.75) is 58.3 Å². The Labute approximate surface area is 131 Å². The second kappa shape index (κ2) is 9.54. The van der Waals surface area contributed by atoms with Crippen LogP contribution in [0.3, 0.4) is 0 Å². The highest BCUT2D eigenvalue weighted by molar-refractivity contribution is 5.66. The van der Waals surface area contributed by atoms with Crippen molar-refractivity contribution in [3.05, 3.63) is 35.6 Å². The largest absolute Gasteiger partial charge is 0.459 e. The second-order valence-corrected chi connectivity index (χ2v) is 5.40. The normalized spacial score (nSPS) is 15.1. The molecule has 1 rings (SSSR count). The Hall–Kier alpha value is -1.46.